The van der Waals surface area contributed by atoms with Crippen LogP contribution in [0.3, 0.4) is 0 Å². The molecule has 130 valence electrons. The number of fused-ring (bicyclic) bond motifs is 2. The van der Waals surface area contributed by atoms with E-state index in [1.807, 2.05) is 13.0 Å². The van der Waals surface area contributed by atoms with E-state index in [0.717, 1.165) is 10.9 Å². The summed E-state index contributed by atoms with van der Waals surface area (Å²) in [7, 11) is 4.06. The van der Waals surface area contributed by atoms with Gasteiger partial charge in [-0.1, -0.05) is 11.4 Å². The van der Waals surface area contributed by atoms with E-state index in [1.54, 1.807) is 13.0 Å². The molecule has 0 spiro atoms. The lowest BCUT2D eigenvalue weighted by Crippen LogP contribution is -2.07. The number of hydrogen-bond acceptors (Lipinski definition) is 5. The highest BCUT2D eigenvalue weighted by Crippen LogP contribution is 2.37. The van der Waals surface area contributed by atoms with E-state index in [4.69, 9.17) is 9.15 Å². The van der Waals surface area contributed by atoms with Crippen LogP contribution in [0.5, 0.6) is 17.2 Å². The molecule has 1 aromatic heterocycles. The Labute approximate surface area is 146 Å². The van der Waals surface area contributed by atoms with Crippen molar-refractivity contribution in [3.8, 4) is 17.2 Å². The minimum atomic E-state index is -0.396. The fourth-order valence-electron chi connectivity index (χ4n) is 2.93. The summed E-state index contributed by atoms with van der Waals surface area (Å²) in [5.74, 6) is 0.0737. The van der Waals surface area contributed by atoms with Gasteiger partial charge < -0.3 is 19.4 Å². The van der Waals surface area contributed by atoms with Gasteiger partial charge >= 0.3 is 0 Å². The van der Waals surface area contributed by atoms with Crippen LogP contribution in [0.4, 0.5) is 0 Å². The second-order valence-electron chi connectivity index (χ2n) is 6.02. The van der Waals surface area contributed by atoms with Crippen LogP contribution in [0.2, 0.25) is 0 Å². The molecule has 6 heteroatoms. The quantitative estimate of drug-likeness (QED) is 0.546. The number of rotatable bonds is 3. The molecule has 1 heterocycles. The van der Waals surface area contributed by atoms with Crippen molar-refractivity contribution in [1.82, 2.24) is 0 Å². The van der Waals surface area contributed by atoms with Gasteiger partial charge in [-0.2, -0.15) is 0 Å². The van der Waals surface area contributed by atoms with Crippen molar-refractivity contribution >= 4 is 31.2 Å². The molecule has 3 aromatic rings. The van der Waals surface area contributed by atoms with Crippen LogP contribution in [-0.4, -0.2) is 17.3 Å². The maximum Gasteiger partial charge on any atom is 0.204 e. The van der Waals surface area contributed by atoms with Crippen LogP contribution in [0.25, 0.3) is 21.9 Å². The molecule has 5 nitrogen and oxygen atoms in total. The van der Waals surface area contributed by atoms with Gasteiger partial charge in [-0.3, -0.25) is 4.79 Å². The van der Waals surface area contributed by atoms with Gasteiger partial charge in [0.25, 0.3) is 0 Å². The highest BCUT2D eigenvalue weighted by molar-refractivity contribution is 7.22. The zero-order valence-corrected chi connectivity index (χ0v) is 15.4. The van der Waals surface area contributed by atoms with E-state index in [-0.39, 0.29) is 33.4 Å². The molecule has 25 heavy (non-hydrogen) atoms. The molecule has 0 bridgehead atoms. The minimum absolute atomic E-state index is 0.0908. The minimum Gasteiger partial charge on any atom is -0.507 e. The van der Waals surface area contributed by atoms with Crippen LogP contribution in [0, 0.1) is 6.92 Å². The van der Waals surface area contributed by atoms with Crippen LogP contribution in [0.15, 0.2) is 38.8 Å². The van der Waals surface area contributed by atoms with E-state index in [1.165, 1.54) is 19.2 Å². The monoisotopic (exact) mass is 358 g/mol. The smallest absolute Gasteiger partial charge is 0.204 e. The fraction of sp³-hybridized carbons (Fsp3) is 0.211. The summed E-state index contributed by atoms with van der Waals surface area (Å²) in [4.78, 5) is 13.1. The van der Waals surface area contributed by atoms with Crippen LogP contribution >= 0.6 is 9.24 Å². The number of allylic oxidation sites excluding steroid dienone is 2. The Hall–Kier alpha value is -2.52. The van der Waals surface area contributed by atoms with E-state index in [0.29, 0.717) is 17.7 Å². The summed E-state index contributed by atoms with van der Waals surface area (Å²) in [6.45, 7) is 3.71. The summed E-state index contributed by atoms with van der Waals surface area (Å²) >= 11 is 0. The maximum atomic E-state index is 13.1. The van der Waals surface area contributed by atoms with Crippen LogP contribution in [0.1, 0.15) is 18.1 Å². The first kappa shape index (κ1) is 17.3. The van der Waals surface area contributed by atoms with E-state index in [2.05, 4.69) is 9.24 Å². The Kier molecular flexibility index (Phi) is 4.44. The van der Waals surface area contributed by atoms with Crippen molar-refractivity contribution in [2.45, 2.75) is 20.3 Å². The van der Waals surface area contributed by atoms with E-state index >= 15 is 0 Å². The zero-order valence-electron chi connectivity index (χ0n) is 14.2. The molecule has 0 saturated carbocycles. The molecule has 1 atom stereocenters. The number of hydrogen-bond donors (Lipinski definition) is 2. The lowest BCUT2D eigenvalue weighted by atomic mass is 10.0. The SMILES string of the molecule is COc1cc(O)c2oc3cc(C)cc(O)c3c(=O)c2c1C/C=C(/C)P. The second kappa shape index (κ2) is 6.41. The van der Waals surface area contributed by atoms with Gasteiger partial charge in [-0.25, -0.2) is 0 Å². The third-order valence-electron chi connectivity index (χ3n) is 4.07. The van der Waals surface area contributed by atoms with Gasteiger partial charge in [0, 0.05) is 11.6 Å². The highest BCUT2D eigenvalue weighted by Gasteiger charge is 2.20. The van der Waals surface area contributed by atoms with Gasteiger partial charge in [-0.05, 0) is 38.0 Å². The molecular weight excluding hydrogens is 339 g/mol. The highest BCUT2D eigenvalue weighted by atomic mass is 31.0. The average Bonchev–Trinajstić information content (AvgIpc) is 2.53. The Morgan fingerprint density at radius 1 is 1.24 bits per heavy atom. The summed E-state index contributed by atoms with van der Waals surface area (Å²) in [6.07, 6.45) is 2.36. The third kappa shape index (κ3) is 2.96. The number of aromatic hydroxyl groups is 2. The van der Waals surface area contributed by atoms with Gasteiger partial charge in [0.2, 0.25) is 5.43 Å². The molecular formula is C19H19O5P. The Bertz CT molecular complexity index is 1080. The second-order valence-corrected chi connectivity index (χ2v) is 6.93. The van der Waals surface area contributed by atoms with Gasteiger partial charge in [0.05, 0.1) is 12.5 Å². The topological polar surface area (TPSA) is 79.9 Å². The molecule has 0 radical (unpaired) electrons. The molecule has 3 rings (SSSR count). The predicted octanol–water partition coefficient (Wildman–Crippen LogP) is 4.00. The lowest BCUT2D eigenvalue weighted by Gasteiger charge is -2.13. The molecule has 0 aliphatic carbocycles. The Morgan fingerprint density at radius 3 is 2.60 bits per heavy atom. The molecule has 1 unspecified atom stereocenters. The molecule has 0 amide bonds. The van der Waals surface area contributed by atoms with E-state index in [9.17, 15) is 15.0 Å². The normalized spacial score (nSPS) is 12.1. The van der Waals surface area contributed by atoms with Crippen LogP contribution in [-0.2, 0) is 6.42 Å². The van der Waals surface area contributed by atoms with Crippen LogP contribution < -0.4 is 10.2 Å². The number of benzene rings is 2. The molecule has 0 aliphatic rings. The van der Waals surface area contributed by atoms with Crippen molar-refractivity contribution in [2.75, 3.05) is 7.11 Å². The van der Waals surface area contributed by atoms with Crippen molar-refractivity contribution in [2.24, 2.45) is 0 Å². The molecule has 0 saturated heterocycles. The number of aryl methyl sites for hydroxylation is 1. The standard InChI is InChI=1S/C19H19O5P/c1-9-6-12(20)17-15(7-9)24-19-13(21)8-14(23-3)11(5-4-10(2)25)16(19)18(17)22/h4,6-8,20-21H,5,25H2,1-3H3/b10-4-. The van der Waals surface area contributed by atoms with Gasteiger partial charge in [0.15, 0.2) is 11.3 Å². The summed E-state index contributed by atoms with van der Waals surface area (Å²) in [6, 6.07) is 4.61. The van der Waals surface area contributed by atoms with Gasteiger partial charge in [0.1, 0.15) is 22.5 Å². The summed E-state index contributed by atoms with van der Waals surface area (Å²) in [5.41, 5.74) is 1.29. The van der Waals surface area contributed by atoms with Crippen molar-refractivity contribution < 1.29 is 19.4 Å². The van der Waals surface area contributed by atoms with Crippen molar-refractivity contribution in [3.63, 3.8) is 0 Å². The maximum absolute atomic E-state index is 13.1. The van der Waals surface area contributed by atoms with Gasteiger partial charge in [-0.15, -0.1) is 9.24 Å². The Balaban J connectivity index is 2.52. The first-order chi connectivity index (χ1) is 11.8. The average molecular weight is 358 g/mol. The number of phenolic OH excluding ortho intramolecular Hbond substituents is 2. The predicted molar refractivity (Wildman–Crippen MR) is 102 cm³/mol. The van der Waals surface area contributed by atoms with Crippen molar-refractivity contribution in [1.29, 1.82) is 0 Å². The Morgan fingerprint density at radius 2 is 1.96 bits per heavy atom. The summed E-state index contributed by atoms with van der Waals surface area (Å²) < 4.78 is 11.1. The molecule has 0 aliphatic heterocycles. The number of phenols is 2. The largest absolute Gasteiger partial charge is 0.507 e. The first-order valence-corrected chi connectivity index (χ1v) is 8.32. The zero-order chi connectivity index (χ0) is 18.3. The fourth-order valence-corrected chi connectivity index (χ4v) is 3.05. The molecule has 0 fully saturated rings. The summed E-state index contributed by atoms with van der Waals surface area (Å²) in [5, 5.41) is 21.9. The van der Waals surface area contributed by atoms with E-state index < -0.39 is 5.43 Å². The third-order valence-corrected chi connectivity index (χ3v) is 4.30. The molecule has 2 aromatic carbocycles. The number of ether oxygens (including phenoxy) is 1. The van der Waals surface area contributed by atoms with Crippen molar-refractivity contribution in [3.05, 3.63) is 50.9 Å². The first-order valence-electron chi connectivity index (χ1n) is 7.74. The lowest BCUT2D eigenvalue weighted by molar-refractivity contribution is 0.403. The number of methoxy groups -OCH3 is 1. The molecule has 2 N–H and O–H groups in total.